The highest BCUT2D eigenvalue weighted by molar-refractivity contribution is 5.84. The molecule has 2 aliphatic rings. The Morgan fingerprint density at radius 3 is 2.48 bits per heavy atom. The van der Waals surface area contributed by atoms with Crippen LogP contribution in [0.1, 0.15) is 63.9 Å². The molecule has 48 heavy (non-hydrogen) atoms. The summed E-state index contributed by atoms with van der Waals surface area (Å²) < 4.78 is 7.15. The number of benzene rings is 1. The van der Waals surface area contributed by atoms with Gasteiger partial charge in [-0.3, -0.25) is 4.79 Å². The lowest BCUT2D eigenvalue weighted by Crippen LogP contribution is -2.44. The first-order valence-electron chi connectivity index (χ1n) is 16.3. The minimum Gasteiger partial charge on any atom is -0.444 e. The molecule has 1 aromatic carbocycles. The lowest BCUT2D eigenvalue weighted by atomic mass is 9.94. The van der Waals surface area contributed by atoms with Crippen LogP contribution < -0.4 is 10.6 Å². The van der Waals surface area contributed by atoms with Crippen molar-refractivity contribution in [1.29, 1.82) is 0 Å². The first-order valence-corrected chi connectivity index (χ1v) is 16.3. The van der Waals surface area contributed by atoms with Gasteiger partial charge in [0.1, 0.15) is 24.4 Å². The molecular weight excluding hydrogens is 618 g/mol. The number of aliphatic hydroxyl groups is 4. The molecule has 1 saturated carbocycles. The van der Waals surface area contributed by atoms with E-state index < -0.39 is 48.4 Å². The van der Waals surface area contributed by atoms with Gasteiger partial charge in [-0.15, -0.1) is 0 Å². The molecule has 5 rings (SSSR count). The Balaban J connectivity index is 1.38. The SMILES string of the molecule is CC(C)(C)OC(=O)N1CCC(CC#Cc2nc(NC(CO)Cc3ccccc3)c3ncn([C@@H]4C[C@H](NC(=O)CO)[C@@H](O)[C@H]4O)c3n2)CC1. The van der Waals surface area contributed by atoms with Crippen LogP contribution in [-0.4, -0.2) is 113 Å². The fraction of sp³-hybridized carbons (Fsp3) is 0.559. The third kappa shape index (κ3) is 8.59. The second kappa shape index (κ2) is 15.3. The van der Waals surface area contributed by atoms with E-state index in [-0.39, 0.29) is 30.9 Å². The maximum absolute atomic E-state index is 12.4. The number of hydrogen-bond donors (Lipinski definition) is 6. The minimum atomic E-state index is -1.27. The predicted octanol–water partition coefficient (Wildman–Crippen LogP) is 1.37. The summed E-state index contributed by atoms with van der Waals surface area (Å²) in [5.74, 6) is 6.50. The molecule has 5 atom stereocenters. The standard InChI is InChI=1S/C34H45N7O7/c1-34(2,3)48-33(47)40-14-12-21(13-15-40)10-7-11-26-38-31(36-23(18-42)16-22-8-5-4-6-9-22)28-32(39-26)41(20-35-28)25-17-24(29(45)30(25)46)37-27(44)19-43/h4-6,8-9,20-21,23-25,29-30,42-43,45-46H,10,12-19H2,1-3H3,(H,37,44)(H,36,38,39)/t23?,24-,25+,29+,30-/m0/s1. The number of imidazole rings is 1. The number of fused-ring (bicyclic) bond motifs is 1. The molecule has 3 aromatic rings. The van der Waals surface area contributed by atoms with Crippen molar-refractivity contribution in [1.82, 2.24) is 29.7 Å². The van der Waals surface area contributed by atoms with E-state index in [9.17, 15) is 24.9 Å². The van der Waals surface area contributed by atoms with Crippen molar-refractivity contribution >= 4 is 29.0 Å². The fourth-order valence-corrected chi connectivity index (χ4v) is 6.17. The number of aliphatic hydroxyl groups excluding tert-OH is 4. The van der Waals surface area contributed by atoms with E-state index in [0.717, 1.165) is 18.4 Å². The molecule has 1 unspecified atom stereocenters. The van der Waals surface area contributed by atoms with Gasteiger partial charge in [0.25, 0.3) is 0 Å². The van der Waals surface area contributed by atoms with Crippen molar-refractivity contribution < 1.29 is 34.8 Å². The Kier molecular flexibility index (Phi) is 11.2. The smallest absolute Gasteiger partial charge is 0.410 e. The first kappa shape index (κ1) is 35.0. The van der Waals surface area contributed by atoms with Crippen LogP contribution in [0.15, 0.2) is 36.7 Å². The van der Waals surface area contributed by atoms with E-state index in [1.165, 1.54) is 6.33 Å². The summed E-state index contributed by atoms with van der Waals surface area (Å²) in [6, 6.07) is 7.86. The van der Waals surface area contributed by atoms with Crippen LogP contribution in [0.3, 0.4) is 0 Å². The molecule has 2 aromatic heterocycles. The second-order valence-corrected chi connectivity index (χ2v) is 13.5. The molecule has 1 aliphatic carbocycles. The van der Waals surface area contributed by atoms with Crippen LogP contribution in [0.2, 0.25) is 0 Å². The summed E-state index contributed by atoms with van der Waals surface area (Å²) in [5.41, 5.74) is 1.24. The molecule has 0 spiro atoms. The number of amides is 2. The van der Waals surface area contributed by atoms with E-state index in [1.807, 2.05) is 51.1 Å². The van der Waals surface area contributed by atoms with Gasteiger partial charge in [0.05, 0.1) is 31.1 Å². The van der Waals surface area contributed by atoms with Gasteiger partial charge in [0, 0.05) is 19.5 Å². The molecule has 258 valence electrons. The summed E-state index contributed by atoms with van der Waals surface area (Å²) in [6.07, 6.45) is 1.54. The summed E-state index contributed by atoms with van der Waals surface area (Å²) in [5, 5.41) is 46.9. The van der Waals surface area contributed by atoms with E-state index in [1.54, 1.807) is 9.47 Å². The Hall–Kier alpha value is -4.29. The molecule has 0 bridgehead atoms. The number of likely N-dealkylation sites (tertiary alicyclic amines) is 1. The lowest BCUT2D eigenvalue weighted by Gasteiger charge is -2.32. The molecule has 6 N–H and O–H groups in total. The Labute approximate surface area is 279 Å². The van der Waals surface area contributed by atoms with Gasteiger partial charge in [-0.05, 0) is 63.9 Å². The third-order valence-electron chi connectivity index (χ3n) is 8.66. The number of rotatable bonds is 9. The van der Waals surface area contributed by atoms with Crippen molar-refractivity contribution in [2.24, 2.45) is 5.92 Å². The fourth-order valence-electron chi connectivity index (χ4n) is 6.17. The van der Waals surface area contributed by atoms with Gasteiger partial charge in [-0.1, -0.05) is 36.3 Å². The van der Waals surface area contributed by atoms with Crippen LogP contribution in [0.4, 0.5) is 10.6 Å². The number of anilines is 1. The summed E-state index contributed by atoms with van der Waals surface area (Å²) in [6.45, 7) is 5.82. The highest BCUT2D eigenvalue weighted by atomic mass is 16.6. The number of carbonyl (C=O) groups is 2. The molecular formula is C34H45N7O7. The number of hydrogen-bond acceptors (Lipinski definition) is 11. The highest BCUT2D eigenvalue weighted by Crippen LogP contribution is 2.34. The van der Waals surface area contributed by atoms with Crippen molar-refractivity contribution in [2.75, 3.05) is 31.6 Å². The van der Waals surface area contributed by atoms with Crippen LogP contribution in [0.5, 0.6) is 0 Å². The molecule has 1 aliphatic heterocycles. The molecule has 1 saturated heterocycles. The summed E-state index contributed by atoms with van der Waals surface area (Å²) in [4.78, 5) is 39.9. The van der Waals surface area contributed by atoms with Crippen molar-refractivity contribution in [3.05, 3.63) is 48.0 Å². The zero-order valence-corrected chi connectivity index (χ0v) is 27.5. The van der Waals surface area contributed by atoms with Crippen LogP contribution in [0, 0.1) is 17.8 Å². The number of nitrogens with zero attached hydrogens (tertiary/aromatic N) is 5. The minimum absolute atomic E-state index is 0.169. The first-order chi connectivity index (χ1) is 23.0. The highest BCUT2D eigenvalue weighted by Gasteiger charge is 2.44. The van der Waals surface area contributed by atoms with Crippen molar-refractivity contribution in [3.8, 4) is 11.8 Å². The quantitative estimate of drug-likeness (QED) is 0.181. The van der Waals surface area contributed by atoms with Crippen LogP contribution >= 0.6 is 0 Å². The van der Waals surface area contributed by atoms with Crippen LogP contribution in [0.25, 0.3) is 11.2 Å². The van der Waals surface area contributed by atoms with Crippen molar-refractivity contribution in [2.45, 2.75) is 88.8 Å². The molecule has 2 fully saturated rings. The normalized spacial score (nSPS) is 22.2. The predicted molar refractivity (Wildman–Crippen MR) is 177 cm³/mol. The van der Waals surface area contributed by atoms with Crippen LogP contribution in [-0.2, 0) is 16.0 Å². The van der Waals surface area contributed by atoms with E-state index in [0.29, 0.717) is 42.9 Å². The molecule has 0 radical (unpaired) electrons. The molecule has 14 heteroatoms. The zero-order valence-electron chi connectivity index (χ0n) is 27.5. The average Bonchev–Trinajstić information content (AvgIpc) is 3.60. The van der Waals surface area contributed by atoms with E-state index in [2.05, 4.69) is 32.4 Å². The topological polar surface area (TPSA) is 195 Å². The zero-order chi connectivity index (χ0) is 34.4. The maximum atomic E-state index is 12.4. The van der Waals surface area contributed by atoms with E-state index in [4.69, 9.17) is 14.8 Å². The van der Waals surface area contributed by atoms with Gasteiger partial charge in [-0.25, -0.2) is 19.7 Å². The van der Waals surface area contributed by atoms with Gasteiger partial charge in [0.2, 0.25) is 11.7 Å². The monoisotopic (exact) mass is 663 g/mol. The van der Waals surface area contributed by atoms with Gasteiger partial charge in [-0.2, -0.15) is 0 Å². The lowest BCUT2D eigenvalue weighted by molar-refractivity contribution is -0.125. The van der Waals surface area contributed by atoms with Gasteiger partial charge < -0.3 is 45.3 Å². The Bertz CT molecular complexity index is 1620. The number of piperidine rings is 1. The summed E-state index contributed by atoms with van der Waals surface area (Å²) >= 11 is 0. The molecule has 3 heterocycles. The maximum Gasteiger partial charge on any atom is 0.410 e. The Morgan fingerprint density at radius 1 is 1.08 bits per heavy atom. The van der Waals surface area contributed by atoms with E-state index >= 15 is 0 Å². The summed E-state index contributed by atoms with van der Waals surface area (Å²) in [7, 11) is 0. The van der Waals surface area contributed by atoms with Gasteiger partial charge >= 0.3 is 6.09 Å². The number of nitrogens with one attached hydrogen (secondary N) is 2. The van der Waals surface area contributed by atoms with Gasteiger partial charge in [0.15, 0.2) is 17.0 Å². The molecule has 14 nitrogen and oxygen atoms in total. The second-order valence-electron chi connectivity index (χ2n) is 13.5. The largest absolute Gasteiger partial charge is 0.444 e. The van der Waals surface area contributed by atoms with Crippen molar-refractivity contribution in [3.63, 3.8) is 0 Å². The average molecular weight is 664 g/mol. The number of carbonyl (C=O) groups excluding carboxylic acids is 2. The molecule has 2 amide bonds. The third-order valence-corrected chi connectivity index (χ3v) is 8.66. The number of aromatic nitrogens is 4. The Morgan fingerprint density at radius 2 is 1.81 bits per heavy atom. The number of ether oxygens (including phenoxy) is 1.